The molecule has 0 bridgehead atoms. The number of rotatable bonds is 4. The van der Waals surface area contributed by atoms with E-state index in [0.717, 1.165) is 28.2 Å². The largest absolute Gasteiger partial charge is 0.496 e. The molecule has 19 heavy (non-hydrogen) atoms. The average Bonchev–Trinajstić information content (AvgIpc) is 2.40. The molecular formula is C15H22N2O2. The van der Waals surface area contributed by atoms with Crippen LogP contribution >= 0.6 is 0 Å². The second-order valence-corrected chi connectivity index (χ2v) is 5.26. The molecule has 1 aromatic carbocycles. The molecule has 0 aliphatic rings. The van der Waals surface area contributed by atoms with Gasteiger partial charge < -0.3 is 15.2 Å². The number of methoxy groups -OCH3 is 2. The van der Waals surface area contributed by atoms with Gasteiger partial charge in [0, 0.05) is 5.56 Å². The molecule has 0 aliphatic heterocycles. The van der Waals surface area contributed by atoms with Crippen LogP contribution in [0.25, 0.3) is 0 Å². The first-order chi connectivity index (χ1) is 8.80. The van der Waals surface area contributed by atoms with Crippen LogP contribution in [-0.4, -0.2) is 14.2 Å². The third-order valence-electron chi connectivity index (χ3n) is 3.65. The fourth-order valence-corrected chi connectivity index (χ4v) is 2.06. The summed E-state index contributed by atoms with van der Waals surface area (Å²) in [5.41, 5.74) is 8.37. The first kappa shape index (κ1) is 15.3. The third-order valence-corrected chi connectivity index (χ3v) is 3.65. The Hall–Kier alpha value is -1.73. The zero-order chi connectivity index (χ0) is 14.8. The molecule has 0 amide bonds. The van der Waals surface area contributed by atoms with E-state index < -0.39 is 11.5 Å². The molecule has 0 spiro atoms. The molecule has 0 radical (unpaired) electrons. The van der Waals surface area contributed by atoms with Gasteiger partial charge in [-0.3, -0.25) is 0 Å². The maximum absolute atomic E-state index is 9.24. The van der Waals surface area contributed by atoms with Gasteiger partial charge in [0.15, 0.2) is 0 Å². The molecule has 0 aliphatic carbocycles. The van der Waals surface area contributed by atoms with Crippen molar-refractivity contribution in [3.8, 4) is 17.6 Å². The number of benzene rings is 1. The summed E-state index contributed by atoms with van der Waals surface area (Å²) < 4.78 is 10.8. The van der Waals surface area contributed by atoms with Crippen LogP contribution in [0.1, 0.15) is 36.6 Å². The Morgan fingerprint density at radius 2 is 1.79 bits per heavy atom. The minimum Gasteiger partial charge on any atom is -0.496 e. The minimum atomic E-state index is -0.681. The van der Waals surface area contributed by atoms with E-state index in [2.05, 4.69) is 6.07 Å². The lowest BCUT2D eigenvalue weighted by Gasteiger charge is -2.27. The first-order valence-corrected chi connectivity index (χ1v) is 6.19. The van der Waals surface area contributed by atoms with Gasteiger partial charge in [-0.1, -0.05) is 0 Å². The molecule has 1 rings (SSSR count). The molecule has 4 heteroatoms. The Kier molecular flexibility index (Phi) is 4.43. The van der Waals surface area contributed by atoms with Gasteiger partial charge in [-0.15, -0.1) is 0 Å². The highest BCUT2D eigenvalue weighted by Crippen LogP contribution is 2.41. The average molecular weight is 262 g/mol. The van der Waals surface area contributed by atoms with Gasteiger partial charge in [-0.25, -0.2) is 0 Å². The van der Waals surface area contributed by atoms with Crippen LogP contribution in [0.3, 0.4) is 0 Å². The molecule has 0 saturated carbocycles. The number of hydrogen-bond donors (Lipinski definition) is 1. The van der Waals surface area contributed by atoms with Gasteiger partial charge in [-0.2, -0.15) is 5.26 Å². The molecule has 1 atom stereocenters. The van der Waals surface area contributed by atoms with Gasteiger partial charge in [0.25, 0.3) is 0 Å². The smallest absolute Gasteiger partial charge is 0.127 e. The second-order valence-electron chi connectivity index (χ2n) is 5.26. The summed E-state index contributed by atoms with van der Waals surface area (Å²) in [5.74, 6) is 1.49. The number of ether oxygens (including phenoxy) is 2. The van der Waals surface area contributed by atoms with Crippen LogP contribution in [0.5, 0.6) is 11.5 Å². The van der Waals surface area contributed by atoms with E-state index in [4.69, 9.17) is 15.2 Å². The van der Waals surface area contributed by atoms with Gasteiger partial charge in [0.2, 0.25) is 0 Å². The Labute approximate surface area is 115 Å². The predicted octanol–water partition coefficient (Wildman–Crippen LogP) is 2.87. The SMILES string of the molecule is COc1cc(C(N)C(C)(C)C#N)c(OC)c(C)c1C. The van der Waals surface area contributed by atoms with E-state index in [1.807, 2.05) is 33.8 Å². The van der Waals surface area contributed by atoms with Crippen LogP contribution in [0.15, 0.2) is 6.07 Å². The molecule has 0 fully saturated rings. The monoisotopic (exact) mass is 262 g/mol. The van der Waals surface area contributed by atoms with Crippen molar-refractivity contribution in [1.29, 1.82) is 5.26 Å². The Morgan fingerprint density at radius 3 is 2.21 bits per heavy atom. The van der Waals surface area contributed by atoms with Crippen LogP contribution in [0, 0.1) is 30.6 Å². The molecule has 0 heterocycles. The van der Waals surface area contributed by atoms with Crippen molar-refractivity contribution in [2.75, 3.05) is 14.2 Å². The molecule has 104 valence electrons. The number of nitrogens with zero attached hydrogens (tertiary/aromatic N) is 1. The fourth-order valence-electron chi connectivity index (χ4n) is 2.06. The molecular weight excluding hydrogens is 240 g/mol. The van der Waals surface area contributed by atoms with E-state index in [-0.39, 0.29) is 0 Å². The van der Waals surface area contributed by atoms with Gasteiger partial charge >= 0.3 is 0 Å². The Balaban J connectivity index is 3.51. The third kappa shape index (κ3) is 2.66. The van der Waals surface area contributed by atoms with Crippen molar-refractivity contribution in [2.45, 2.75) is 33.7 Å². The van der Waals surface area contributed by atoms with Crippen LogP contribution in [-0.2, 0) is 0 Å². The van der Waals surface area contributed by atoms with Crippen molar-refractivity contribution in [3.05, 3.63) is 22.8 Å². The van der Waals surface area contributed by atoms with Crippen molar-refractivity contribution >= 4 is 0 Å². The summed E-state index contributed by atoms with van der Waals surface area (Å²) in [4.78, 5) is 0. The molecule has 1 unspecified atom stereocenters. The van der Waals surface area contributed by atoms with E-state index >= 15 is 0 Å². The predicted molar refractivity (Wildman–Crippen MR) is 75.3 cm³/mol. The highest BCUT2D eigenvalue weighted by molar-refractivity contribution is 5.54. The summed E-state index contributed by atoms with van der Waals surface area (Å²) in [6.07, 6.45) is 0. The lowest BCUT2D eigenvalue weighted by atomic mass is 9.81. The maximum Gasteiger partial charge on any atom is 0.127 e. The summed E-state index contributed by atoms with van der Waals surface area (Å²) >= 11 is 0. The lowest BCUT2D eigenvalue weighted by molar-refractivity contribution is 0.355. The number of nitrogens with two attached hydrogens (primary N) is 1. The molecule has 2 N–H and O–H groups in total. The van der Waals surface area contributed by atoms with Crippen molar-refractivity contribution in [2.24, 2.45) is 11.1 Å². The van der Waals surface area contributed by atoms with E-state index in [1.54, 1.807) is 14.2 Å². The van der Waals surface area contributed by atoms with Gasteiger partial charge in [-0.05, 0) is 44.9 Å². The normalized spacial score (nSPS) is 12.7. The van der Waals surface area contributed by atoms with Crippen molar-refractivity contribution in [3.63, 3.8) is 0 Å². The first-order valence-electron chi connectivity index (χ1n) is 6.19. The van der Waals surface area contributed by atoms with E-state index in [9.17, 15) is 5.26 Å². The standard InChI is InChI=1S/C15H22N2O2/c1-9-10(2)13(19-6)11(7-12(9)18-5)14(17)15(3,4)8-16/h7,14H,17H2,1-6H3. The number of hydrogen-bond acceptors (Lipinski definition) is 4. The van der Waals surface area contributed by atoms with E-state index in [0.29, 0.717) is 0 Å². The Bertz CT molecular complexity index is 516. The summed E-state index contributed by atoms with van der Waals surface area (Å²) in [7, 11) is 3.24. The van der Waals surface area contributed by atoms with Crippen molar-refractivity contribution in [1.82, 2.24) is 0 Å². The zero-order valence-electron chi connectivity index (χ0n) is 12.5. The fraction of sp³-hybridized carbons (Fsp3) is 0.533. The molecule has 0 saturated heterocycles. The topological polar surface area (TPSA) is 68.3 Å². The quantitative estimate of drug-likeness (QED) is 0.906. The van der Waals surface area contributed by atoms with Crippen LogP contribution in [0.2, 0.25) is 0 Å². The second kappa shape index (κ2) is 5.50. The van der Waals surface area contributed by atoms with Crippen molar-refractivity contribution < 1.29 is 9.47 Å². The van der Waals surface area contributed by atoms with Gasteiger partial charge in [0.1, 0.15) is 11.5 Å². The minimum absolute atomic E-state index is 0.444. The van der Waals surface area contributed by atoms with Gasteiger partial charge in [0.05, 0.1) is 31.7 Å². The molecule has 0 aromatic heterocycles. The zero-order valence-corrected chi connectivity index (χ0v) is 12.5. The highest BCUT2D eigenvalue weighted by atomic mass is 16.5. The Morgan fingerprint density at radius 1 is 1.21 bits per heavy atom. The van der Waals surface area contributed by atoms with Crippen LogP contribution < -0.4 is 15.2 Å². The van der Waals surface area contributed by atoms with E-state index in [1.165, 1.54) is 0 Å². The summed E-state index contributed by atoms with van der Waals surface area (Å²) in [6.45, 7) is 7.57. The lowest BCUT2D eigenvalue weighted by Crippen LogP contribution is -2.28. The summed E-state index contributed by atoms with van der Waals surface area (Å²) in [6, 6.07) is 3.66. The number of nitriles is 1. The summed E-state index contributed by atoms with van der Waals surface area (Å²) in [5, 5.41) is 9.24. The van der Waals surface area contributed by atoms with Crippen LogP contribution in [0.4, 0.5) is 0 Å². The maximum atomic E-state index is 9.24. The molecule has 4 nitrogen and oxygen atoms in total. The highest BCUT2D eigenvalue weighted by Gasteiger charge is 2.31. The molecule has 1 aromatic rings.